The largest absolute Gasteiger partial charge is 0.341 e. The number of hydrogen-bond donors (Lipinski definition) is 1. The van der Waals surface area contributed by atoms with E-state index in [9.17, 15) is 14.0 Å². The Labute approximate surface area is 160 Å². The molecule has 0 aliphatic heterocycles. The van der Waals surface area contributed by atoms with Crippen molar-refractivity contribution in [3.8, 4) is 0 Å². The predicted molar refractivity (Wildman–Crippen MR) is 105 cm³/mol. The summed E-state index contributed by atoms with van der Waals surface area (Å²) in [4.78, 5) is 29.5. The van der Waals surface area contributed by atoms with Crippen LogP contribution in [0.3, 0.4) is 0 Å². The third-order valence-corrected chi connectivity index (χ3v) is 4.40. The van der Waals surface area contributed by atoms with Crippen molar-refractivity contribution in [1.82, 2.24) is 9.55 Å². The number of Topliss-reactive ketones (excluding diaryl/α,β-unsaturated/α-hetero) is 1. The van der Waals surface area contributed by atoms with Gasteiger partial charge < -0.3 is 9.88 Å². The van der Waals surface area contributed by atoms with E-state index >= 15 is 0 Å². The first-order valence-electron chi connectivity index (χ1n) is 8.71. The molecule has 0 bridgehead atoms. The highest BCUT2D eigenvalue weighted by Crippen LogP contribution is 2.23. The number of benzene rings is 2. The number of halogens is 1. The smallest absolute Gasteiger partial charge is 0.296 e. The zero-order chi connectivity index (χ0) is 19.5. The van der Waals surface area contributed by atoms with Gasteiger partial charge in [-0.2, -0.15) is 0 Å². The minimum atomic E-state index is -0.771. The van der Waals surface area contributed by atoms with Crippen molar-refractivity contribution in [1.29, 1.82) is 0 Å². The number of ketones is 1. The number of aromatic nitrogens is 2. The molecule has 4 rings (SSSR count). The Morgan fingerprint density at radius 2 is 1.71 bits per heavy atom. The number of nitrogens with zero attached hydrogens (tertiary/aromatic N) is 2. The Morgan fingerprint density at radius 1 is 0.964 bits per heavy atom. The lowest BCUT2D eigenvalue weighted by molar-refractivity contribution is -0.112. The van der Waals surface area contributed by atoms with Crippen LogP contribution < -0.4 is 5.32 Å². The summed E-state index contributed by atoms with van der Waals surface area (Å²) in [6.45, 7) is 0.480. The normalized spacial score (nSPS) is 10.8. The fraction of sp³-hybridized carbons (Fsp3) is 0.0455. The van der Waals surface area contributed by atoms with E-state index in [1.54, 1.807) is 12.4 Å². The number of anilines is 1. The quantitative estimate of drug-likeness (QED) is 0.424. The molecule has 1 amide bonds. The van der Waals surface area contributed by atoms with Crippen LogP contribution in [0.25, 0.3) is 10.9 Å². The van der Waals surface area contributed by atoms with Crippen LogP contribution in [0.4, 0.5) is 10.1 Å². The number of amides is 1. The summed E-state index contributed by atoms with van der Waals surface area (Å²) >= 11 is 0. The third-order valence-electron chi connectivity index (χ3n) is 4.40. The zero-order valence-electron chi connectivity index (χ0n) is 14.8. The maximum absolute atomic E-state index is 13.0. The second-order valence-corrected chi connectivity index (χ2v) is 6.30. The van der Waals surface area contributed by atoms with Gasteiger partial charge in [-0.15, -0.1) is 0 Å². The summed E-state index contributed by atoms with van der Waals surface area (Å²) in [5.41, 5.74) is 2.35. The molecule has 2 aromatic heterocycles. The summed E-state index contributed by atoms with van der Waals surface area (Å²) in [5, 5.41) is 3.21. The van der Waals surface area contributed by atoms with Crippen molar-refractivity contribution in [2.75, 3.05) is 5.32 Å². The van der Waals surface area contributed by atoms with Gasteiger partial charge in [-0.1, -0.05) is 24.3 Å². The highest BCUT2D eigenvalue weighted by molar-refractivity contribution is 6.48. The molecule has 0 radical (unpaired) electrons. The van der Waals surface area contributed by atoms with Gasteiger partial charge in [-0.25, -0.2) is 4.39 Å². The van der Waals surface area contributed by atoms with E-state index in [0.717, 1.165) is 11.2 Å². The topological polar surface area (TPSA) is 64.0 Å². The van der Waals surface area contributed by atoms with E-state index in [2.05, 4.69) is 10.3 Å². The second kappa shape index (κ2) is 7.44. The predicted octanol–water partition coefficient (Wildman–Crippen LogP) is 4.05. The number of nitrogens with one attached hydrogen (secondary N) is 1. The third kappa shape index (κ3) is 3.53. The van der Waals surface area contributed by atoms with Crippen molar-refractivity contribution >= 4 is 28.3 Å². The van der Waals surface area contributed by atoms with Crippen LogP contribution in [0.2, 0.25) is 0 Å². The van der Waals surface area contributed by atoms with Gasteiger partial charge in [0.2, 0.25) is 0 Å². The SMILES string of the molecule is O=C(Nc1ccc(F)cc1)C(=O)c1cn(Cc2ccccn2)c2ccccc12. The van der Waals surface area contributed by atoms with Crippen LogP contribution in [0, 0.1) is 5.82 Å². The highest BCUT2D eigenvalue weighted by atomic mass is 19.1. The molecule has 28 heavy (non-hydrogen) atoms. The Morgan fingerprint density at radius 3 is 2.46 bits per heavy atom. The first kappa shape index (κ1) is 17.6. The van der Waals surface area contributed by atoms with Gasteiger partial charge in [0.1, 0.15) is 5.82 Å². The van der Waals surface area contributed by atoms with Crippen molar-refractivity contribution in [2.24, 2.45) is 0 Å². The average molecular weight is 373 g/mol. The fourth-order valence-corrected chi connectivity index (χ4v) is 3.07. The summed E-state index contributed by atoms with van der Waals surface area (Å²) < 4.78 is 14.9. The van der Waals surface area contributed by atoms with E-state index in [1.165, 1.54) is 24.3 Å². The van der Waals surface area contributed by atoms with Crippen molar-refractivity contribution in [3.05, 3.63) is 96.2 Å². The zero-order valence-corrected chi connectivity index (χ0v) is 14.8. The van der Waals surface area contributed by atoms with E-state index in [0.29, 0.717) is 23.2 Å². The monoisotopic (exact) mass is 373 g/mol. The van der Waals surface area contributed by atoms with Crippen LogP contribution >= 0.6 is 0 Å². The number of para-hydroxylation sites is 1. The maximum atomic E-state index is 13.0. The molecule has 6 heteroatoms. The Kier molecular flexibility index (Phi) is 4.68. The second-order valence-electron chi connectivity index (χ2n) is 6.30. The van der Waals surface area contributed by atoms with Crippen LogP contribution in [0.1, 0.15) is 16.1 Å². The number of carbonyl (C=O) groups excluding carboxylic acids is 2. The molecule has 0 aliphatic carbocycles. The van der Waals surface area contributed by atoms with Crippen molar-refractivity contribution in [2.45, 2.75) is 6.54 Å². The van der Waals surface area contributed by atoms with Gasteiger partial charge in [0, 0.05) is 29.0 Å². The lowest BCUT2D eigenvalue weighted by atomic mass is 10.1. The van der Waals surface area contributed by atoms with E-state index in [1.807, 2.05) is 47.0 Å². The molecule has 5 nitrogen and oxygen atoms in total. The number of hydrogen-bond acceptors (Lipinski definition) is 3. The highest BCUT2D eigenvalue weighted by Gasteiger charge is 2.22. The fourth-order valence-electron chi connectivity index (χ4n) is 3.07. The van der Waals surface area contributed by atoms with Gasteiger partial charge in [0.15, 0.2) is 0 Å². The molecule has 0 unspecified atom stereocenters. The molecule has 4 aromatic rings. The van der Waals surface area contributed by atoms with E-state index in [4.69, 9.17) is 0 Å². The number of fused-ring (bicyclic) bond motifs is 1. The lowest BCUT2D eigenvalue weighted by Gasteiger charge is -2.04. The maximum Gasteiger partial charge on any atom is 0.296 e. The molecule has 2 heterocycles. The van der Waals surface area contributed by atoms with Gasteiger partial charge in [-0.05, 0) is 42.5 Å². The molecule has 0 spiro atoms. The molecule has 0 saturated carbocycles. The van der Waals surface area contributed by atoms with E-state index in [-0.39, 0.29) is 0 Å². The van der Waals surface area contributed by atoms with Gasteiger partial charge >= 0.3 is 0 Å². The van der Waals surface area contributed by atoms with Gasteiger partial charge in [0.25, 0.3) is 11.7 Å². The molecule has 0 atom stereocenters. The Bertz CT molecular complexity index is 1150. The molecule has 2 aromatic carbocycles. The van der Waals surface area contributed by atoms with Crippen molar-refractivity contribution in [3.63, 3.8) is 0 Å². The molecule has 0 aliphatic rings. The molecular formula is C22H16FN3O2. The van der Waals surface area contributed by atoms with Crippen LogP contribution in [-0.4, -0.2) is 21.2 Å². The first-order chi connectivity index (χ1) is 13.6. The summed E-state index contributed by atoms with van der Waals surface area (Å²) in [5.74, 6) is -1.84. The molecule has 1 N–H and O–H groups in total. The minimum absolute atomic E-state index is 0.311. The average Bonchev–Trinajstić information content (AvgIpc) is 3.08. The number of carbonyl (C=O) groups is 2. The first-order valence-corrected chi connectivity index (χ1v) is 8.71. The van der Waals surface area contributed by atoms with Gasteiger partial charge in [0.05, 0.1) is 17.8 Å². The summed E-state index contributed by atoms with van der Waals surface area (Å²) in [7, 11) is 0. The summed E-state index contributed by atoms with van der Waals surface area (Å²) in [6, 6.07) is 18.3. The number of rotatable bonds is 5. The summed E-state index contributed by atoms with van der Waals surface area (Å²) in [6.07, 6.45) is 3.38. The van der Waals surface area contributed by atoms with E-state index < -0.39 is 17.5 Å². The molecule has 0 saturated heterocycles. The van der Waals surface area contributed by atoms with Crippen LogP contribution in [0.5, 0.6) is 0 Å². The Hall–Kier alpha value is -3.80. The number of pyridine rings is 1. The van der Waals surface area contributed by atoms with Crippen LogP contribution in [-0.2, 0) is 11.3 Å². The molecular weight excluding hydrogens is 357 g/mol. The minimum Gasteiger partial charge on any atom is -0.341 e. The molecule has 138 valence electrons. The van der Waals surface area contributed by atoms with Gasteiger partial charge in [-0.3, -0.25) is 14.6 Å². The standard InChI is InChI=1S/C22H16FN3O2/c23-15-8-10-16(11-9-15)25-22(28)21(27)19-14-26(13-17-5-3-4-12-24-17)20-7-2-1-6-18(19)20/h1-12,14H,13H2,(H,25,28). The van der Waals surface area contributed by atoms with Crippen molar-refractivity contribution < 1.29 is 14.0 Å². The lowest BCUT2D eigenvalue weighted by Crippen LogP contribution is -2.22. The molecule has 0 fully saturated rings. The van der Waals surface area contributed by atoms with Crippen LogP contribution in [0.15, 0.2) is 79.1 Å². The Balaban J connectivity index is 1.65.